The van der Waals surface area contributed by atoms with Gasteiger partial charge in [0.25, 0.3) is 0 Å². The van der Waals surface area contributed by atoms with Crippen LogP contribution in [-0.4, -0.2) is 5.54 Å². The van der Waals surface area contributed by atoms with E-state index < -0.39 is 0 Å². The van der Waals surface area contributed by atoms with E-state index in [9.17, 15) is 0 Å². The van der Waals surface area contributed by atoms with Gasteiger partial charge >= 0.3 is 0 Å². The van der Waals surface area contributed by atoms with E-state index in [0.717, 1.165) is 0 Å². The molecule has 1 heteroatoms. The van der Waals surface area contributed by atoms with Gasteiger partial charge in [-0.25, -0.2) is 0 Å². The van der Waals surface area contributed by atoms with Gasteiger partial charge in [-0.05, 0) is 121 Å². The number of fused-ring (bicyclic) bond motifs is 3. The number of anilines is 2. The lowest BCUT2D eigenvalue weighted by molar-refractivity contribution is 0.438. The van der Waals surface area contributed by atoms with Crippen molar-refractivity contribution in [1.29, 1.82) is 0 Å². The molecule has 3 aliphatic carbocycles. The molecule has 0 aromatic heterocycles. The zero-order valence-electron chi connectivity index (χ0n) is 27.8. The van der Waals surface area contributed by atoms with Gasteiger partial charge in [0.15, 0.2) is 0 Å². The Labute approximate surface area is 266 Å². The molecule has 0 saturated heterocycles. The quantitative estimate of drug-likeness (QED) is 0.227. The monoisotopic (exact) mass is 581 g/mol. The van der Waals surface area contributed by atoms with Crippen molar-refractivity contribution in [1.82, 2.24) is 0 Å². The smallest absolute Gasteiger partial charge is 0.0457 e. The Morgan fingerprint density at radius 3 is 1.77 bits per heavy atom. The fourth-order valence-corrected chi connectivity index (χ4v) is 8.85. The molecule has 3 aliphatic rings. The molecule has 44 heavy (non-hydrogen) atoms. The molecular weight excluding hydrogens is 530 g/mol. The summed E-state index contributed by atoms with van der Waals surface area (Å²) in [6.07, 6.45) is 13.3. The van der Waals surface area contributed by atoms with Crippen LogP contribution in [0.3, 0.4) is 0 Å². The van der Waals surface area contributed by atoms with E-state index in [1.807, 2.05) is 0 Å². The van der Waals surface area contributed by atoms with Gasteiger partial charge in [-0.1, -0.05) is 119 Å². The minimum absolute atomic E-state index is 0.0189. The lowest BCUT2D eigenvalue weighted by Crippen LogP contribution is -2.39. The lowest BCUT2D eigenvalue weighted by atomic mass is 9.77. The lowest BCUT2D eigenvalue weighted by Gasteiger charge is -2.43. The average Bonchev–Trinajstić information content (AvgIpc) is 3.27. The molecule has 228 valence electrons. The molecule has 4 aromatic rings. The van der Waals surface area contributed by atoms with Crippen LogP contribution < -0.4 is 4.90 Å². The summed E-state index contributed by atoms with van der Waals surface area (Å²) < 4.78 is 0. The SMILES string of the molecule is CC1(C)c2ccccc2-c2cc(N(c3ccc(-c4ccccc4)cc3C3CCCCC3)C(C)(C)C)c(C3CCCCC3)cc21. The predicted molar refractivity (Wildman–Crippen MR) is 189 cm³/mol. The molecule has 0 aliphatic heterocycles. The summed E-state index contributed by atoms with van der Waals surface area (Å²) in [6, 6.07) is 32.9. The van der Waals surface area contributed by atoms with Crippen molar-refractivity contribution in [3.8, 4) is 22.3 Å². The second-order valence-electron chi connectivity index (χ2n) is 15.4. The van der Waals surface area contributed by atoms with Crippen LogP contribution in [0.5, 0.6) is 0 Å². The summed E-state index contributed by atoms with van der Waals surface area (Å²) in [4.78, 5) is 2.77. The molecule has 0 amide bonds. The second-order valence-corrected chi connectivity index (χ2v) is 15.4. The summed E-state index contributed by atoms with van der Waals surface area (Å²) in [6.45, 7) is 12.2. The third-order valence-corrected chi connectivity index (χ3v) is 11.1. The summed E-state index contributed by atoms with van der Waals surface area (Å²) in [5.74, 6) is 1.23. The van der Waals surface area contributed by atoms with Crippen LogP contribution >= 0.6 is 0 Å². The first-order valence-electron chi connectivity index (χ1n) is 17.5. The Kier molecular flexibility index (Phi) is 7.72. The molecule has 0 spiro atoms. The Bertz CT molecular complexity index is 1620. The van der Waals surface area contributed by atoms with Crippen molar-refractivity contribution in [2.75, 3.05) is 4.90 Å². The molecule has 4 aromatic carbocycles. The van der Waals surface area contributed by atoms with E-state index in [1.165, 1.54) is 109 Å². The highest BCUT2D eigenvalue weighted by molar-refractivity contribution is 5.87. The maximum atomic E-state index is 2.77. The predicted octanol–water partition coefficient (Wildman–Crippen LogP) is 12.7. The molecule has 2 saturated carbocycles. The largest absolute Gasteiger partial charge is 0.336 e. The number of benzene rings is 4. The number of nitrogens with zero attached hydrogens (tertiary/aromatic N) is 1. The normalized spacial score (nSPS) is 18.6. The maximum Gasteiger partial charge on any atom is 0.0457 e. The Balaban J connectivity index is 1.47. The summed E-state index contributed by atoms with van der Waals surface area (Å²) >= 11 is 0. The van der Waals surface area contributed by atoms with Crippen molar-refractivity contribution < 1.29 is 0 Å². The van der Waals surface area contributed by atoms with Crippen LogP contribution in [0.1, 0.15) is 133 Å². The van der Waals surface area contributed by atoms with E-state index in [4.69, 9.17) is 0 Å². The first kappa shape index (κ1) is 29.4. The van der Waals surface area contributed by atoms with E-state index in [0.29, 0.717) is 11.8 Å². The van der Waals surface area contributed by atoms with Crippen molar-refractivity contribution in [2.24, 2.45) is 0 Å². The van der Waals surface area contributed by atoms with Crippen molar-refractivity contribution in [3.63, 3.8) is 0 Å². The topological polar surface area (TPSA) is 3.24 Å². The summed E-state index contributed by atoms with van der Waals surface area (Å²) in [7, 11) is 0. The standard InChI is InChI=1S/C43H51N/c1-42(2,3)44(40-26-25-33(30-17-9-6-10-18-30)27-35(40)31-19-11-7-12-20-31)41-29-37-34-23-15-16-24-38(34)43(4,5)39(37)28-36(41)32-21-13-8-14-22-32/h6,9-10,15-18,23-29,31-32H,7-8,11-14,19-22H2,1-5H3. The van der Waals surface area contributed by atoms with E-state index in [2.05, 4.69) is 124 Å². The van der Waals surface area contributed by atoms with Crippen LogP contribution in [0, 0.1) is 0 Å². The zero-order chi connectivity index (χ0) is 30.5. The van der Waals surface area contributed by atoms with Gasteiger partial charge < -0.3 is 4.90 Å². The highest BCUT2D eigenvalue weighted by Crippen LogP contribution is 2.54. The molecule has 0 radical (unpaired) electrons. The van der Waals surface area contributed by atoms with Crippen LogP contribution in [0.2, 0.25) is 0 Å². The molecule has 2 fully saturated rings. The van der Waals surface area contributed by atoms with Crippen molar-refractivity contribution in [3.05, 3.63) is 107 Å². The Morgan fingerprint density at radius 2 is 1.14 bits per heavy atom. The van der Waals surface area contributed by atoms with Crippen molar-refractivity contribution in [2.45, 2.75) is 122 Å². The van der Waals surface area contributed by atoms with Gasteiger partial charge in [0, 0.05) is 22.3 Å². The summed E-state index contributed by atoms with van der Waals surface area (Å²) in [5.41, 5.74) is 14.5. The number of hydrogen-bond donors (Lipinski definition) is 0. The zero-order valence-corrected chi connectivity index (χ0v) is 27.8. The molecule has 1 nitrogen and oxygen atoms in total. The molecule has 7 rings (SSSR count). The van der Waals surface area contributed by atoms with Gasteiger partial charge in [-0.2, -0.15) is 0 Å². The van der Waals surface area contributed by atoms with Crippen LogP contribution in [0.25, 0.3) is 22.3 Å². The Morgan fingerprint density at radius 1 is 0.545 bits per heavy atom. The molecular formula is C43H51N. The van der Waals surface area contributed by atoms with Gasteiger partial charge in [0.05, 0.1) is 0 Å². The molecule has 0 bridgehead atoms. The fourth-order valence-electron chi connectivity index (χ4n) is 8.85. The summed E-state index contributed by atoms with van der Waals surface area (Å²) in [5, 5.41) is 0. The van der Waals surface area contributed by atoms with Crippen LogP contribution in [0.4, 0.5) is 11.4 Å². The number of hydrogen-bond acceptors (Lipinski definition) is 1. The second kappa shape index (κ2) is 11.6. The average molecular weight is 582 g/mol. The highest BCUT2D eigenvalue weighted by Gasteiger charge is 2.39. The first-order chi connectivity index (χ1) is 21.2. The van der Waals surface area contributed by atoms with Gasteiger partial charge in [0.2, 0.25) is 0 Å². The fraction of sp³-hybridized carbons (Fsp3) is 0.442. The van der Waals surface area contributed by atoms with E-state index >= 15 is 0 Å². The third-order valence-electron chi connectivity index (χ3n) is 11.1. The van der Waals surface area contributed by atoms with Crippen molar-refractivity contribution >= 4 is 11.4 Å². The molecule has 0 heterocycles. The Hall–Kier alpha value is -3.32. The minimum Gasteiger partial charge on any atom is -0.336 e. The van der Waals surface area contributed by atoms with E-state index in [1.54, 1.807) is 11.1 Å². The van der Waals surface area contributed by atoms with Crippen LogP contribution in [0.15, 0.2) is 84.9 Å². The maximum absolute atomic E-state index is 2.77. The third kappa shape index (κ3) is 5.21. The first-order valence-corrected chi connectivity index (χ1v) is 17.5. The molecule has 0 atom stereocenters. The number of rotatable bonds is 5. The van der Waals surface area contributed by atoms with Gasteiger partial charge in [0.1, 0.15) is 0 Å². The van der Waals surface area contributed by atoms with Gasteiger partial charge in [-0.15, -0.1) is 0 Å². The molecule has 0 unspecified atom stereocenters. The minimum atomic E-state index is -0.0804. The molecule has 0 N–H and O–H groups in total. The van der Waals surface area contributed by atoms with E-state index in [-0.39, 0.29) is 11.0 Å². The van der Waals surface area contributed by atoms with Gasteiger partial charge in [-0.3, -0.25) is 0 Å². The highest BCUT2D eigenvalue weighted by atomic mass is 15.2. The van der Waals surface area contributed by atoms with Crippen LogP contribution in [-0.2, 0) is 5.41 Å².